The molecule has 1 aliphatic rings. The fraction of sp³-hybridized carbons (Fsp3) is 0.250. The summed E-state index contributed by atoms with van der Waals surface area (Å²) in [4.78, 5) is 19.1. The van der Waals surface area contributed by atoms with Crippen molar-refractivity contribution >= 4 is 22.0 Å². The fourth-order valence-corrected chi connectivity index (χ4v) is 5.17. The first-order valence-electron chi connectivity index (χ1n) is 10.5. The summed E-state index contributed by atoms with van der Waals surface area (Å²) in [7, 11) is -3.54. The predicted molar refractivity (Wildman–Crippen MR) is 125 cm³/mol. The Labute approximate surface area is 188 Å². The minimum absolute atomic E-state index is 0.0786. The summed E-state index contributed by atoms with van der Waals surface area (Å²) in [6.45, 7) is 5.13. The third kappa shape index (κ3) is 4.51. The molecule has 0 bridgehead atoms. The molecule has 0 N–H and O–H groups in total. The van der Waals surface area contributed by atoms with Crippen LogP contribution in [0.5, 0.6) is 0 Å². The highest BCUT2D eigenvalue weighted by molar-refractivity contribution is 7.92. The van der Waals surface area contributed by atoms with Crippen molar-refractivity contribution in [2.45, 2.75) is 13.8 Å². The van der Waals surface area contributed by atoms with Crippen LogP contribution in [-0.2, 0) is 10.0 Å². The molecule has 0 aliphatic carbocycles. The van der Waals surface area contributed by atoms with E-state index in [2.05, 4.69) is 4.98 Å². The summed E-state index contributed by atoms with van der Waals surface area (Å²) in [6, 6.07) is 15.0. The summed E-state index contributed by atoms with van der Waals surface area (Å²) >= 11 is 0. The first kappa shape index (κ1) is 22.0. The van der Waals surface area contributed by atoms with Crippen molar-refractivity contribution in [2.75, 3.05) is 26.2 Å². The molecular weight excluding hydrogens is 424 g/mol. The molecule has 1 aliphatic heterocycles. The van der Waals surface area contributed by atoms with Gasteiger partial charge >= 0.3 is 0 Å². The number of benzene rings is 1. The lowest BCUT2D eigenvalue weighted by Crippen LogP contribution is -2.50. The highest BCUT2D eigenvalue weighted by Crippen LogP contribution is 2.22. The molecule has 0 spiro atoms. The maximum atomic E-state index is 13.2. The zero-order valence-electron chi connectivity index (χ0n) is 18.2. The van der Waals surface area contributed by atoms with Crippen molar-refractivity contribution in [3.8, 4) is 5.69 Å². The van der Waals surface area contributed by atoms with Gasteiger partial charge < -0.3 is 9.47 Å². The average molecular weight is 451 g/mol. The summed E-state index contributed by atoms with van der Waals surface area (Å²) in [5, 5.41) is 1.24. The van der Waals surface area contributed by atoms with Gasteiger partial charge in [-0.1, -0.05) is 30.3 Å². The molecule has 1 amide bonds. The van der Waals surface area contributed by atoms with E-state index in [-0.39, 0.29) is 19.0 Å². The van der Waals surface area contributed by atoms with Crippen LogP contribution < -0.4 is 0 Å². The highest BCUT2D eigenvalue weighted by Gasteiger charge is 2.29. The zero-order valence-corrected chi connectivity index (χ0v) is 19.0. The molecule has 0 saturated carbocycles. The predicted octanol–water partition coefficient (Wildman–Crippen LogP) is 3.25. The molecule has 0 radical (unpaired) electrons. The number of nitrogens with zero attached hydrogens (tertiary/aromatic N) is 4. The van der Waals surface area contributed by atoms with E-state index in [9.17, 15) is 13.2 Å². The standard InChI is InChI=1S/C24H26N4O3S/c1-19-17-23(20(2)28(19)22-9-6-11-25-18-22)24(29)26-12-14-27(15-13-26)32(30,31)16-10-21-7-4-3-5-8-21/h3-11,16-18H,12-15H2,1-2H3/b16-10+. The third-order valence-electron chi connectivity index (χ3n) is 5.68. The van der Waals surface area contributed by atoms with Crippen LogP contribution in [0.1, 0.15) is 27.3 Å². The number of hydrogen-bond donors (Lipinski definition) is 0. The van der Waals surface area contributed by atoms with Crippen LogP contribution in [0.25, 0.3) is 11.8 Å². The van der Waals surface area contributed by atoms with Crippen LogP contribution >= 0.6 is 0 Å². The number of amides is 1. The van der Waals surface area contributed by atoms with Gasteiger partial charge in [-0.05, 0) is 43.7 Å². The molecule has 4 rings (SSSR count). The molecule has 0 atom stereocenters. The first-order valence-corrected chi connectivity index (χ1v) is 12.0. The smallest absolute Gasteiger partial charge is 0.255 e. The van der Waals surface area contributed by atoms with Gasteiger partial charge in [-0.2, -0.15) is 4.31 Å². The minimum atomic E-state index is -3.54. The second-order valence-corrected chi connectivity index (χ2v) is 9.60. The van der Waals surface area contributed by atoms with Crippen LogP contribution in [0.3, 0.4) is 0 Å². The molecule has 0 unspecified atom stereocenters. The van der Waals surface area contributed by atoms with Gasteiger partial charge in [-0.25, -0.2) is 8.42 Å². The highest BCUT2D eigenvalue weighted by atomic mass is 32.2. The van der Waals surface area contributed by atoms with Crippen LogP contribution in [0.15, 0.2) is 66.3 Å². The molecule has 8 heteroatoms. The summed E-state index contributed by atoms with van der Waals surface area (Å²) in [5.74, 6) is -0.0786. The molecule has 1 aromatic carbocycles. The Kier molecular flexibility index (Phi) is 6.25. The summed E-state index contributed by atoms with van der Waals surface area (Å²) < 4.78 is 28.8. The molecule has 166 valence electrons. The van der Waals surface area contributed by atoms with E-state index in [0.717, 1.165) is 22.6 Å². The minimum Gasteiger partial charge on any atom is -0.336 e. The van der Waals surface area contributed by atoms with Crippen molar-refractivity contribution < 1.29 is 13.2 Å². The number of carbonyl (C=O) groups excluding carboxylic acids is 1. The lowest BCUT2D eigenvalue weighted by atomic mass is 10.2. The monoisotopic (exact) mass is 450 g/mol. The van der Waals surface area contributed by atoms with Gasteiger partial charge in [-0.3, -0.25) is 9.78 Å². The van der Waals surface area contributed by atoms with Gasteiger partial charge in [-0.15, -0.1) is 0 Å². The van der Waals surface area contributed by atoms with Crippen molar-refractivity contribution in [3.05, 3.63) is 88.8 Å². The number of rotatable bonds is 5. The summed E-state index contributed by atoms with van der Waals surface area (Å²) in [6.07, 6.45) is 5.08. The van der Waals surface area contributed by atoms with E-state index in [0.29, 0.717) is 18.7 Å². The molecule has 32 heavy (non-hydrogen) atoms. The SMILES string of the molecule is Cc1cc(C(=O)N2CCN(S(=O)(=O)/C=C/c3ccccc3)CC2)c(C)n1-c1cccnc1. The topological polar surface area (TPSA) is 75.5 Å². The number of aryl methyl sites for hydroxylation is 1. The lowest BCUT2D eigenvalue weighted by Gasteiger charge is -2.33. The maximum Gasteiger partial charge on any atom is 0.255 e. The Hall–Kier alpha value is -3.23. The van der Waals surface area contributed by atoms with E-state index in [1.807, 2.05) is 66.9 Å². The Morgan fingerprint density at radius 1 is 1.00 bits per heavy atom. The Balaban J connectivity index is 1.45. The number of pyridine rings is 1. The van der Waals surface area contributed by atoms with E-state index in [1.165, 1.54) is 9.71 Å². The van der Waals surface area contributed by atoms with Crippen LogP contribution in [0, 0.1) is 13.8 Å². The number of sulfonamides is 1. The third-order valence-corrected chi connectivity index (χ3v) is 7.25. The van der Waals surface area contributed by atoms with Crippen molar-refractivity contribution in [1.29, 1.82) is 0 Å². The largest absolute Gasteiger partial charge is 0.336 e. The first-order chi connectivity index (χ1) is 15.4. The van der Waals surface area contributed by atoms with Crippen molar-refractivity contribution in [1.82, 2.24) is 18.8 Å². The molecule has 3 heterocycles. The molecular formula is C24H26N4O3S. The Bertz CT molecular complexity index is 1230. The average Bonchev–Trinajstić information content (AvgIpc) is 3.12. The van der Waals surface area contributed by atoms with Crippen molar-refractivity contribution in [3.63, 3.8) is 0 Å². The number of piperazine rings is 1. The quantitative estimate of drug-likeness (QED) is 0.598. The normalized spacial score (nSPS) is 15.4. The molecule has 3 aromatic rings. The Morgan fingerprint density at radius 3 is 2.38 bits per heavy atom. The number of carbonyl (C=O) groups is 1. The van der Waals surface area contributed by atoms with Gasteiger partial charge in [0.1, 0.15) is 0 Å². The van der Waals surface area contributed by atoms with Gasteiger partial charge in [0.2, 0.25) is 10.0 Å². The van der Waals surface area contributed by atoms with Crippen LogP contribution in [0.2, 0.25) is 0 Å². The number of hydrogen-bond acceptors (Lipinski definition) is 4. The maximum absolute atomic E-state index is 13.2. The van der Waals surface area contributed by atoms with Gasteiger partial charge in [0.05, 0.1) is 17.4 Å². The second-order valence-electron chi connectivity index (χ2n) is 7.78. The number of aromatic nitrogens is 2. The van der Waals surface area contributed by atoms with Crippen molar-refractivity contribution in [2.24, 2.45) is 0 Å². The summed E-state index contributed by atoms with van der Waals surface area (Å²) in [5.41, 5.74) is 4.16. The van der Waals surface area contributed by atoms with E-state index in [4.69, 9.17) is 0 Å². The van der Waals surface area contributed by atoms with Gasteiger partial charge in [0, 0.05) is 49.2 Å². The molecule has 7 nitrogen and oxygen atoms in total. The second kappa shape index (κ2) is 9.10. The lowest BCUT2D eigenvalue weighted by molar-refractivity contribution is 0.0698. The van der Waals surface area contributed by atoms with Gasteiger partial charge in [0.15, 0.2) is 0 Å². The molecule has 1 fully saturated rings. The Morgan fingerprint density at radius 2 is 1.72 bits per heavy atom. The van der Waals surface area contributed by atoms with Crippen LogP contribution in [0.4, 0.5) is 0 Å². The fourth-order valence-electron chi connectivity index (χ4n) is 3.99. The molecule has 2 aromatic heterocycles. The van der Waals surface area contributed by atoms with E-state index >= 15 is 0 Å². The van der Waals surface area contributed by atoms with Gasteiger partial charge in [0.25, 0.3) is 5.91 Å². The van der Waals surface area contributed by atoms with E-state index < -0.39 is 10.0 Å². The van der Waals surface area contributed by atoms with E-state index in [1.54, 1.807) is 23.4 Å². The molecule has 1 saturated heterocycles. The zero-order chi connectivity index (χ0) is 22.7. The van der Waals surface area contributed by atoms with Crippen LogP contribution in [-0.4, -0.2) is 59.3 Å².